The fourth-order valence-electron chi connectivity index (χ4n) is 1.43. The van der Waals surface area contributed by atoms with Crippen molar-refractivity contribution in [3.8, 4) is 17.1 Å². The molecule has 0 amide bonds. The van der Waals surface area contributed by atoms with Crippen LogP contribution in [0.5, 0.6) is 5.75 Å². The van der Waals surface area contributed by atoms with Gasteiger partial charge in [0.2, 0.25) is 0 Å². The second kappa shape index (κ2) is 5.70. The van der Waals surface area contributed by atoms with Crippen LogP contribution in [-0.4, -0.2) is 36.7 Å². The topological polar surface area (TPSA) is 122 Å². The fourth-order valence-corrected chi connectivity index (χ4v) is 2.04. The van der Waals surface area contributed by atoms with E-state index in [9.17, 15) is 20.0 Å². The molecule has 20 heavy (non-hydrogen) atoms. The molecule has 9 heteroatoms. The molecule has 0 atom stereocenters. The van der Waals surface area contributed by atoms with Crippen molar-refractivity contribution in [2.45, 2.75) is 12.1 Å². The van der Waals surface area contributed by atoms with Gasteiger partial charge in [-0.1, -0.05) is 11.8 Å². The molecule has 0 saturated carbocycles. The summed E-state index contributed by atoms with van der Waals surface area (Å²) in [6.45, 7) is 1.47. The number of benzene rings is 1. The smallest absolute Gasteiger partial charge is 0.311 e. The maximum atomic E-state index is 10.9. The molecule has 2 aromatic rings. The summed E-state index contributed by atoms with van der Waals surface area (Å²) in [6.07, 6.45) is 0. The zero-order chi connectivity index (χ0) is 14.7. The van der Waals surface area contributed by atoms with Crippen LogP contribution in [0.3, 0.4) is 0 Å². The van der Waals surface area contributed by atoms with Gasteiger partial charge in [-0.05, 0) is 19.1 Å². The van der Waals surface area contributed by atoms with Crippen LogP contribution in [0, 0.1) is 10.1 Å². The zero-order valence-electron chi connectivity index (χ0n) is 10.4. The van der Waals surface area contributed by atoms with Gasteiger partial charge in [-0.2, -0.15) is 0 Å². The number of hydrogen-bond donors (Lipinski definition) is 2. The highest BCUT2D eigenvalue weighted by atomic mass is 32.2. The lowest BCUT2D eigenvalue weighted by atomic mass is 10.2. The van der Waals surface area contributed by atoms with Gasteiger partial charge in [0, 0.05) is 11.6 Å². The van der Waals surface area contributed by atoms with Crippen LogP contribution in [0.15, 0.2) is 23.4 Å². The monoisotopic (exact) mass is 294 g/mol. The Hall–Kier alpha value is -2.42. The molecule has 8 nitrogen and oxygen atoms in total. The predicted molar refractivity (Wildman–Crippen MR) is 71.5 cm³/mol. The summed E-state index contributed by atoms with van der Waals surface area (Å²) in [5.74, 6) is 0.196. The molecule has 0 radical (unpaired) electrons. The van der Waals surface area contributed by atoms with Crippen LogP contribution >= 0.6 is 11.8 Å². The number of carbonyl (C=O) groups excluding carboxylic acids is 1. The summed E-state index contributed by atoms with van der Waals surface area (Å²) in [6, 6.07) is 3.91. The van der Waals surface area contributed by atoms with Crippen molar-refractivity contribution in [3.63, 3.8) is 0 Å². The predicted octanol–water partition coefficient (Wildman–Crippen LogP) is 1.77. The summed E-state index contributed by atoms with van der Waals surface area (Å²) in [5.41, 5.74) is 0.0218. The number of aromatic nitrogens is 3. The zero-order valence-corrected chi connectivity index (χ0v) is 11.2. The number of phenols is 1. The number of Topliss-reactive ketones (excluding diaryl/α,β-unsaturated/α-hetero) is 1. The standard InChI is InChI=1S/C11H10N4O4S/c1-6(16)5-20-11-12-10(13-14-11)7-2-3-9(17)8(4-7)15(18)19/h2-4,17H,5H2,1H3,(H,12,13,14). The van der Waals surface area contributed by atoms with Gasteiger partial charge in [0.15, 0.2) is 16.7 Å². The minimum Gasteiger partial charge on any atom is -0.502 e. The summed E-state index contributed by atoms with van der Waals surface area (Å²) in [4.78, 5) is 23.8. The molecule has 0 unspecified atom stereocenters. The molecule has 0 bridgehead atoms. The number of rotatable bonds is 5. The van der Waals surface area contributed by atoms with Crippen molar-refractivity contribution in [3.05, 3.63) is 28.3 Å². The van der Waals surface area contributed by atoms with Crippen LogP contribution in [0.25, 0.3) is 11.4 Å². The lowest BCUT2D eigenvalue weighted by molar-refractivity contribution is -0.385. The molecular formula is C11H10N4O4S. The maximum absolute atomic E-state index is 10.9. The largest absolute Gasteiger partial charge is 0.502 e. The summed E-state index contributed by atoms with van der Waals surface area (Å²) in [7, 11) is 0. The van der Waals surface area contributed by atoms with Crippen LogP contribution in [0.2, 0.25) is 0 Å². The average molecular weight is 294 g/mol. The van der Waals surface area contributed by atoms with Gasteiger partial charge in [-0.15, -0.1) is 10.2 Å². The number of hydrogen-bond acceptors (Lipinski definition) is 7. The molecule has 0 aliphatic heterocycles. The number of aromatic amines is 1. The molecule has 1 aromatic heterocycles. The van der Waals surface area contributed by atoms with Crippen molar-refractivity contribution >= 4 is 23.2 Å². The van der Waals surface area contributed by atoms with Gasteiger partial charge >= 0.3 is 5.69 Å². The van der Waals surface area contributed by atoms with Gasteiger partial charge in [0.1, 0.15) is 5.78 Å². The summed E-state index contributed by atoms with van der Waals surface area (Å²) < 4.78 is 0. The molecule has 0 saturated heterocycles. The number of nitro benzene ring substituents is 1. The lowest BCUT2D eigenvalue weighted by Crippen LogP contribution is -1.93. The minimum atomic E-state index is -0.680. The number of phenolic OH excluding ortho intramolecular Hbond substituents is 1. The van der Waals surface area contributed by atoms with Gasteiger partial charge in [-0.25, -0.2) is 0 Å². The molecule has 1 aromatic carbocycles. The van der Waals surface area contributed by atoms with E-state index in [0.717, 1.165) is 0 Å². The Bertz CT molecular complexity index is 670. The van der Waals surface area contributed by atoms with E-state index >= 15 is 0 Å². The lowest BCUT2D eigenvalue weighted by Gasteiger charge is -1.98. The first-order valence-corrected chi connectivity index (χ1v) is 6.48. The number of H-pyrrole nitrogens is 1. The van der Waals surface area contributed by atoms with Crippen molar-refractivity contribution < 1.29 is 14.8 Å². The van der Waals surface area contributed by atoms with Crippen LogP contribution in [0.4, 0.5) is 5.69 Å². The van der Waals surface area contributed by atoms with Crippen molar-refractivity contribution in [1.29, 1.82) is 0 Å². The second-order valence-electron chi connectivity index (χ2n) is 3.93. The van der Waals surface area contributed by atoms with E-state index in [0.29, 0.717) is 16.5 Å². The number of nitrogens with zero attached hydrogens (tertiary/aromatic N) is 3. The number of nitro groups is 1. The Morgan fingerprint density at radius 1 is 1.50 bits per heavy atom. The Balaban J connectivity index is 2.26. The van der Waals surface area contributed by atoms with E-state index in [1.54, 1.807) is 0 Å². The van der Waals surface area contributed by atoms with Gasteiger partial charge in [-0.3, -0.25) is 14.9 Å². The highest BCUT2D eigenvalue weighted by molar-refractivity contribution is 7.99. The molecule has 2 N–H and O–H groups in total. The van der Waals surface area contributed by atoms with Gasteiger partial charge < -0.3 is 10.1 Å². The molecule has 0 fully saturated rings. The number of carbonyl (C=O) groups is 1. The van der Waals surface area contributed by atoms with E-state index < -0.39 is 16.4 Å². The van der Waals surface area contributed by atoms with Crippen molar-refractivity contribution in [1.82, 2.24) is 15.2 Å². The Morgan fingerprint density at radius 2 is 2.25 bits per heavy atom. The van der Waals surface area contributed by atoms with Crippen molar-refractivity contribution in [2.75, 3.05) is 5.75 Å². The van der Waals surface area contributed by atoms with E-state index in [-0.39, 0.29) is 11.5 Å². The van der Waals surface area contributed by atoms with Gasteiger partial charge in [0.05, 0.1) is 10.7 Å². The van der Waals surface area contributed by atoms with E-state index in [4.69, 9.17) is 0 Å². The molecule has 104 valence electrons. The number of nitrogens with one attached hydrogen (secondary N) is 1. The van der Waals surface area contributed by atoms with E-state index in [1.165, 1.54) is 36.9 Å². The maximum Gasteiger partial charge on any atom is 0.311 e. The van der Waals surface area contributed by atoms with Crippen molar-refractivity contribution in [2.24, 2.45) is 0 Å². The first kappa shape index (κ1) is 14.0. The number of ketones is 1. The molecular weight excluding hydrogens is 284 g/mol. The van der Waals surface area contributed by atoms with E-state index in [2.05, 4.69) is 15.2 Å². The molecule has 0 spiro atoms. The van der Waals surface area contributed by atoms with Crippen LogP contribution in [0.1, 0.15) is 6.92 Å². The third-order valence-electron chi connectivity index (χ3n) is 2.32. The molecule has 0 aliphatic carbocycles. The highest BCUT2D eigenvalue weighted by Crippen LogP contribution is 2.30. The first-order chi connectivity index (χ1) is 9.47. The highest BCUT2D eigenvalue weighted by Gasteiger charge is 2.16. The SMILES string of the molecule is CC(=O)CSc1nnc(-c2ccc(O)c([N+](=O)[O-])c2)[nH]1. The quantitative estimate of drug-likeness (QED) is 0.489. The minimum absolute atomic E-state index is 0.00761. The Kier molecular flexibility index (Phi) is 3.99. The first-order valence-electron chi connectivity index (χ1n) is 5.50. The number of aromatic hydroxyl groups is 1. The third kappa shape index (κ3) is 3.12. The Labute approximate surface area is 117 Å². The number of thioether (sulfide) groups is 1. The van der Waals surface area contributed by atoms with Crippen LogP contribution < -0.4 is 0 Å². The normalized spacial score (nSPS) is 10.4. The van der Waals surface area contributed by atoms with Crippen LogP contribution in [-0.2, 0) is 4.79 Å². The van der Waals surface area contributed by atoms with Gasteiger partial charge in [0.25, 0.3) is 0 Å². The molecule has 2 rings (SSSR count). The fraction of sp³-hybridized carbons (Fsp3) is 0.182. The summed E-state index contributed by atoms with van der Waals surface area (Å²) in [5, 5.41) is 28.3. The molecule has 0 aliphatic rings. The average Bonchev–Trinajstić information content (AvgIpc) is 2.85. The Morgan fingerprint density at radius 3 is 2.90 bits per heavy atom. The third-order valence-corrected chi connectivity index (χ3v) is 3.33. The second-order valence-corrected chi connectivity index (χ2v) is 4.89. The molecule has 1 heterocycles. The van der Waals surface area contributed by atoms with E-state index in [1.807, 2.05) is 0 Å². The summed E-state index contributed by atoms with van der Waals surface area (Å²) >= 11 is 1.20.